The molecule has 2 aromatic heterocycles. The first-order valence-electron chi connectivity index (χ1n) is 7.69. The first kappa shape index (κ1) is 14.7. The van der Waals surface area contributed by atoms with Crippen molar-refractivity contribution in [3.8, 4) is 0 Å². The highest BCUT2D eigenvalue weighted by atomic mass is 16.2. The summed E-state index contributed by atoms with van der Waals surface area (Å²) < 4.78 is 0. The summed E-state index contributed by atoms with van der Waals surface area (Å²) in [6, 6.07) is 0. The Hall–Kier alpha value is -2.24. The van der Waals surface area contributed by atoms with Crippen LogP contribution in [0.2, 0.25) is 0 Å². The van der Waals surface area contributed by atoms with Crippen molar-refractivity contribution in [2.24, 2.45) is 0 Å². The third-order valence-corrected chi connectivity index (χ3v) is 4.38. The Morgan fingerprint density at radius 1 is 1.41 bits per heavy atom. The maximum Gasteiger partial charge on any atom is 0.227 e. The van der Waals surface area contributed by atoms with Crippen LogP contribution >= 0.6 is 0 Å². The molecule has 1 amide bonds. The molecule has 0 aliphatic carbocycles. The van der Waals surface area contributed by atoms with Gasteiger partial charge in [-0.2, -0.15) is 5.10 Å². The summed E-state index contributed by atoms with van der Waals surface area (Å²) in [5.41, 5.74) is 3.89. The van der Waals surface area contributed by atoms with Crippen LogP contribution in [-0.2, 0) is 11.2 Å². The lowest BCUT2D eigenvalue weighted by molar-refractivity contribution is -0.131. The largest absolute Gasteiger partial charge is 0.342 e. The third kappa shape index (κ3) is 3.00. The van der Waals surface area contributed by atoms with Crippen molar-refractivity contribution in [3.63, 3.8) is 0 Å². The maximum absolute atomic E-state index is 12.6. The van der Waals surface area contributed by atoms with Crippen LogP contribution < -0.4 is 0 Å². The van der Waals surface area contributed by atoms with Gasteiger partial charge in [0.25, 0.3) is 0 Å². The van der Waals surface area contributed by atoms with E-state index in [1.165, 1.54) is 0 Å². The maximum atomic E-state index is 12.6. The number of aryl methyl sites for hydroxylation is 2. The number of rotatable bonds is 3. The van der Waals surface area contributed by atoms with Crippen LogP contribution in [0.5, 0.6) is 0 Å². The predicted octanol–water partition coefficient (Wildman–Crippen LogP) is 1.77. The number of hydrogen-bond donors (Lipinski definition) is 1. The number of hydrogen-bond acceptors (Lipinski definition) is 4. The van der Waals surface area contributed by atoms with Crippen molar-refractivity contribution in [3.05, 3.63) is 41.2 Å². The van der Waals surface area contributed by atoms with Crippen LogP contribution in [0, 0.1) is 13.8 Å². The molecule has 1 aliphatic heterocycles. The van der Waals surface area contributed by atoms with Crippen LogP contribution in [0.25, 0.3) is 0 Å². The zero-order chi connectivity index (χ0) is 15.5. The molecule has 116 valence electrons. The fourth-order valence-electron chi connectivity index (χ4n) is 3.06. The van der Waals surface area contributed by atoms with Crippen LogP contribution in [0.15, 0.2) is 18.6 Å². The lowest BCUT2D eigenvalue weighted by atomic mass is 9.94. The van der Waals surface area contributed by atoms with Gasteiger partial charge in [0.15, 0.2) is 0 Å². The van der Waals surface area contributed by atoms with Crippen LogP contribution in [0.1, 0.15) is 41.4 Å². The second-order valence-electron chi connectivity index (χ2n) is 5.90. The van der Waals surface area contributed by atoms with Gasteiger partial charge in [0, 0.05) is 48.9 Å². The summed E-state index contributed by atoms with van der Waals surface area (Å²) in [7, 11) is 0. The first-order chi connectivity index (χ1) is 10.6. The fraction of sp³-hybridized carbons (Fsp3) is 0.500. The van der Waals surface area contributed by atoms with Gasteiger partial charge in [-0.1, -0.05) is 0 Å². The summed E-state index contributed by atoms with van der Waals surface area (Å²) in [6.45, 7) is 5.45. The summed E-state index contributed by atoms with van der Waals surface area (Å²) in [4.78, 5) is 23.1. The molecule has 1 atom stereocenters. The van der Waals surface area contributed by atoms with Crippen molar-refractivity contribution >= 4 is 5.91 Å². The fourth-order valence-corrected chi connectivity index (χ4v) is 3.06. The molecule has 1 fully saturated rings. The molecule has 3 heterocycles. The average Bonchev–Trinajstić information content (AvgIpc) is 2.88. The van der Waals surface area contributed by atoms with Crippen molar-refractivity contribution in [2.75, 3.05) is 13.1 Å². The van der Waals surface area contributed by atoms with Crippen LogP contribution in [-0.4, -0.2) is 44.1 Å². The molecule has 2 aromatic rings. The third-order valence-electron chi connectivity index (χ3n) is 4.38. The standard InChI is InChI=1S/C16H21N5O/c1-11-14(12(2)20-19-11)8-16(22)21-7-3-4-13(10-21)15-9-17-5-6-18-15/h5-6,9,13H,3-4,7-8,10H2,1-2H3,(H,19,20). The molecule has 6 nitrogen and oxygen atoms in total. The van der Waals surface area contributed by atoms with Gasteiger partial charge in [0.05, 0.1) is 17.8 Å². The molecule has 6 heteroatoms. The molecule has 1 N–H and O–H groups in total. The monoisotopic (exact) mass is 299 g/mol. The van der Waals surface area contributed by atoms with E-state index in [-0.39, 0.29) is 11.8 Å². The molecular weight excluding hydrogens is 278 g/mol. The Morgan fingerprint density at radius 2 is 2.27 bits per heavy atom. The zero-order valence-corrected chi connectivity index (χ0v) is 13.0. The van der Waals surface area contributed by atoms with Gasteiger partial charge < -0.3 is 4.90 Å². The number of likely N-dealkylation sites (tertiary alicyclic amines) is 1. The van der Waals surface area contributed by atoms with E-state index in [0.29, 0.717) is 6.42 Å². The number of carbonyl (C=O) groups is 1. The van der Waals surface area contributed by atoms with E-state index in [2.05, 4.69) is 20.2 Å². The lowest BCUT2D eigenvalue weighted by Gasteiger charge is -2.32. The van der Waals surface area contributed by atoms with Gasteiger partial charge in [0.1, 0.15) is 0 Å². The summed E-state index contributed by atoms with van der Waals surface area (Å²) >= 11 is 0. The van der Waals surface area contributed by atoms with E-state index < -0.39 is 0 Å². The normalized spacial score (nSPS) is 18.5. The lowest BCUT2D eigenvalue weighted by Crippen LogP contribution is -2.40. The average molecular weight is 299 g/mol. The number of piperidine rings is 1. The van der Waals surface area contributed by atoms with E-state index in [0.717, 1.165) is 48.6 Å². The molecule has 1 saturated heterocycles. The smallest absolute Gasteiger partial charge is 0.227 e. The highest BCUT2D eigenvalue weighted by Gasteiger charge is 2.26. The number of carbonyl (C=O) groups excluding carboxylic acids is 1. The minimum absolute atomic E-state index is 0.168. The minimum atomic E-state index is 0.168. The van der Waals surface area contributed by atoms with Crippen molar-refractivity contribution in [1.82, 2.24) is 25.1 Å². The predicted molar refractivity (Wildman–Crippen MR) is 82.4 cm³/mol. The number of aromatic amines is 1. The van der Waals surface area contributed by atoms with Gasteiger partial charge in [-0.3, -0.25) is 19.9 Å². The first-order valence-corrected chi connectivity index (χ1v) is 7.69. The summed E-state index contributed by atoms with van der Waals surface area (Å²) in [5, 5.41) is 7.10. The van der Waals surface area contributed by atoms with Crippen LogP contribution in [0.4, 0.5) is 0 Å². The molecule has 0 spiro atoms. The summed E-state index contributed by atoms with van der Waals surface area (Å²) in [5.74, 6) is 0.458. The molecule has 1 unspecified atom stereocenters. The van der Waals surface area contributed by atoms with Gasteiger partial charge in [-0.15, -0.1) is 0 Å². The van der Waals surface area contributed by atoms with E-state index in [1.807, 2.05) is 24.9 Å². The molecule has 22 heavy (non-hydrogen) atoms. The molecule has 0 saturated carbocycles. The number of amides is 1. The molecule has 3 rings (SSSR count). The van der Waals surface area contributed by atoms with Gasteiger partial charge in [0.2, 0.25) is 5.91 Å². The Kier molecular flexibility index (Phi) is 4.18. The Balaban J connectivity index is 1.68. The van der Waals surface area contributed by atoms with E-state index >= 15 is 0 Å². The quantitative estimate of drug-likeness (QED) is 0.937. The number of nitrogens with zero attached hydrogens (tertiary/aromatic N) is 4. The van der Waals surface area contributed by atoms with Crippen molar-refractivity contribution in [1.29, 1.82) is 0 Å². The second kappa shape index (κ2) is 6.25. The Morgan fingerprint density at radius 3 is 2.95 bits per heavy atom. The second-order valence-corrected chi connectivity index (χ2v) is 5.90. The van der Waals surface area contributed by atoms with Gasteiger partial charge in [-0.05, 0) is 26.7 Å². The van der Waals surface area contributed by atoms with Gasteiger partial charge >= 0.3 is 0 Å². The summed E-state index contributed by atoms with van der Waals surface area (Å²) in [6.07, 6.45) is 7.70. The Labute approximate surface area is 130 Å². The molecule has 1 aliphatic rings. The van der Waals surface area contributed by atoms with Crippen molar-refractivity contribution in [2.45, 2.75) is 39.0 Å². The van der Waals surface area contributed by atoms with Crippen molar-refractivity contribution < 1.29 is 4.79 Å². The zero-order valence-electron chi connectivity index (χ0n) is 13.0. The van der Waals surface area contributed by atoms with E-state index in [9.17, 15) is 4.79 Å². The van der Waals surface area contributed by atoms with Crippen LogP contribution in [0.3, 0.4) is 0 Å². The molecule has 0 bridgehead atoms. The number of aromatic nitrogens is 4. The number of H-pyrrole nitrogens is 1. The molecule has 0 aromatic carbocycles. The Bertz CT molecular complexity index is 632. The SMILES string of the molecule is Cc1n[nH]c(C)c1CC(=O)N1CCCC(c2cnccn2)C1. The van der Waals surface area contributed by atoms with E-state index in [1.54, 1.807) is 12.4 Å². The molecule has 0 radical (unpaired) electrons. The minimum Gasteiger partial charge on any atom is -0.342 e. The number of nitrogens with one attached hydrogen (secondary N) is 1. The highest BCUT2D eigenvalue weighted by Crippen LogP contribution is 2.25. The highest BCUT2D eigenvalue weighted by molar-refractivity contribution is 5.79. The van der Waals surface area contributed by atoms with E-state index in [4.69, 9.17) is 0 Å². The molecular formula is C16H21N5O. The van der Waals surface area contributed by atoms with Gasteiger partial charge in [-0.25, -0.2) is 0 Å². The topological polar surface area (TPSA) is 74.8 Å².